The molecule has 0 bridgehead atoms. The van der Waals surface area contributed by atoms with Crippen molar-refractivity contribution in [2.75, 3.05) is 13.6 Å². The van der Waals surface area contributed by atoms with E-state index < -0.39 is 10.0 Å². The molecule has 2 atom stereocenters. The predicted molar refractivity (Wildman–Crippen MR) is 80.2 cm³/mol. The van der Waals surface area contributed by atoms with Crippen LogP contribution in [0.5, 0.6) is 0 Å². The molecule has 0 aliphatic heterocycles. The number of hydrogen-bond donors (Lipinski definition) is 3. The van der Waals surface area contributed by atoms with Gasteiger partial charge in [0.2, 0.25) is 10.0 Å². The van der Waals surface area contributed by atoms with Crippen molar-refractivity contribution in [1.82, 2.24) is 15.4 Å². The largest absolute Gasteiger partial charge is 0.338 e. The molecular weight excluding hydrogens is 290 g/mol. The predicted octanol–water partition coefficient (Wildman–Crippen LogP) is 1.05. The Hall–Kier alpha value is -1.60. The maximum Gasteiger partial charge on any atom is 0.315 e. The highest BCUT2D eigenvalue weighted by atomic mass is 32.2. The second-order valence-corrected chi connectivity index (χ2v) is 7.27. The van der Waals surface area contributed by atoms with Crippen molar-refractivity contribution in [3.63, 3.8) is 0 Å². The highest BCUT2D eigenvalue weighted by Gasteiger charge is 2.32. The SMILES string of the molecule is CNS(=O)(=O)c1ccc(CNC(=O)NCC2CC2C)cc1. The van der Waals surface area contributed by atoms with Gasteiger partial charge in [-0.3, -0.25) is 0 Å². The van der Waals surface area contributed by atoms with Gasteiger partial charge in [-0.2, -0.15) is 0 Å². The Morgan fingerprint density at radius 1 is 1.24 bits per heavy atom. The number of rotatable bonds is 6. The molecule has 1 aliphatic rings. The molecule has 2 unspecified atom stereocenters. The Morgan fingerprint density at radius 2 is 1.86 bits per heavy atom. The van der Waals surface area contributed by atoms with Crippen LogP contribution in [0.15, 0.2) is 29.2 Å². The van der Waals surface area contributed by atoms with Crippen molar-refractivity contribution in [2.45, 2.75) is 24.8 Å². The van der Waals surface area contributed by atoms with Gasteiger partial charge >= 0.3 is 6.03 Å². The molecule has 21 heavy (non-hydrogen) atoms. The summed E-state index contributed by atoms with van der Waals surface area (Å²) in [4.78, 5) is 11.8. The summed E-state index contributed by atoms with van der Waals surface area (Å²) in [6.45, 7) is 3.25. The second kappa shape index (κ2) is 6.44. The van der Waals surface area contributed by atoms with E-state index in [1.165, 1.54) is 25.6 Å². The molecule has 0 heterocycles. The van der Waals surface area contributed by atoms with Crippen molar-refractivity contribution >= 4 is 16.1 Å². The molecule has 1 aromatic carbocycles. The van der Waals surface area contributed by atoms with Crippen LogP contribution >= 0.6 is 0 Å². The van der Waals surface area contributed by atoms with Crippen LogP contribution in [0.25, 0.3) is 0 Å². The van der Waals surface area contributed by atoms with E-state index in [1.807, 2.05) is 0 Å². The summed E-state index contributed by atoms with van der Waals surface area (Å²) in [7, 11) is -2.04. The average molecular weight is 311 g/mol. The zero-order valence-corrected chi connectivity index (χ0v) is 13.0. The summed E-state index contributed by atoms with van der Waals surface area (Å²) >= 11 is 0. The lowest BCUT2D eigenvalue weighted by molar-refractivity contribution is 0.240. The standard InChI is InChI=1S/C14H21N3O3S/c1-10-7-12(10)9-17-14(18)16-8-11-3-5-13(6-4-11)21(19,20)15-2/h3-6,10,12,15H,7-9H2,1-2H3,(H2,16,17,18). The Balaban J connectivity index is 1.79. The fourth-order valence-corrected chi connectivity index (χ4v) is 2.79. The van der Waals surface area contributed by atoms with Crippen LogP contribution in [-0.2, 0) is 16.6 Å². The molecule has 7 heteroatoms. The van der Waals surface area contributed by atoms with Gasteiger partial charge in [-0.15, -0.1) is 0 Å². The fourth-order valence-electron chi connectivity index (χ4n) is 2.06. The average Bonchev–Trinajstić information content (AvgIpc) is 3.19. The number of benzene rings is 1. The van der Waals surface area contributed by atoms with Crippen molar-refractivity contribution < 1.29 is 13.2 Å². The number of hydrogen-bond acceptors (Lipinski definition) is 3. The van der Waals surface area contributed by atoms with Crippen LogP contribution < -0.4 is 15.4 Å². The number of carbonyl (C=O) groups excluding carboxylic acids is 1. The monoisotopic (exact) mass is 311 g/mol. The molecule has 0 saturated heterocycles. The van der Waals surface area contributed by atoms with Gasteiger partial charge < -0.3 is 10.6 Å². The van der Waals surface area contributed by atoms with Gasteiger partial charge in [0, 0.05) is 13.1 Å². The van der Waals surface area contributed by atoms with E-state index in [0.717, 1.165) is 5.56 Å². The maximum atomic E-state index is 11.6. The van der Waals surface area contributed by atoms with Crippen LogP contribution in [0, 0.1) is 11.8 Å². The van der Waals surface area contributed by atoms with E-state index in [2.05, 4.69) is 22.3 Å². The Labute approximate surface area is 125 Å². The molecule has 1 fully saturated rings. The second-order valence-electron chi connectivity index (χ2n) is 5.39. The first-order valence-corrected chi connectivity index (χ1v) is 8.45. The smallest absolute Gasteiger partial charge is 0.315 e. The zero-order chi connectivity index (χ0) is 15.5. The van der Waals surface area contributed by atoms with Gasteiger partial charge in [0.25, 0.3) is 0 Å². The van der Waals surface area contributed by atoms with Gasteiger partial charge in [-0.1, -0.05) is 19.1 Å². The lowest BCUT2D eigenvalue weighted by Gasteiger charge is -2.08. The van der Waals surface area contributed by atoms with Crippen LogP contribution in [0.2, 0.25) is 0 Å². The highest BCUT2D eigenvalue weighted by molar-refractivity contribution is 7.89. The van der Waals surface area contributed by atoms with Gasteiger partial charge in [0.1, 0.15) is 0 Å². The molecule has 0 spiro atoms. The quantitative estimate of drug-likeness (QED) is 0.734. The minimum absolute atomic E-state index is 0.193. The van der Waals surface area contributed by atoms with E-state index in [9.17, 15) is 13.2 Å². The van der Waals surface area contributed by atoms with Gasteiger partial charge in [0.05, 0.1) is 4.90 Å². The van der Waals surface area contributed by atoms with Gasteiger partial charge in [-0.25, -0.2) is 17.9 Å². The summed E-state index contributed by atoms with van der Waals surface area (Å²) in [6, 6.07) is 6.22. The molecule has 0 aromatic heterocycles. The molecule has 1 saturated carbocycles. The first kappa shape index (κ1) is 15.8. The molecule has 2 amide bonds. The van der Waals surface area contributed by atoms with Crippen molar-refractivity contribution in [1.29, 1.82) is 0 Å². The summed E-state index contributed by atoms with van der Waals surface area (Å²) in [5, 5.41) is 5.59. The first-order valence-electron chi connectivity index (χ1n) is 6.96. The number of sulfonamides is 1. The van der Waals surface area contributed by atoms with Crippen molar-refractivity contribution in [3.8, 4) is 0 Å². The topological polar surface area (TPSA) is 87.3 Å². The number of urea groups is 1. The summed E-state index contributed by atoms with van der Waals surface area (Å²) in [6.07, 6.45) is 1.18. The molecule has 0 radical (unpaired) electrons. The van der Waals surface area contributed by atoms with Crippen LogP contribution in [0.4, 0.5) is 4.79 Å². The third-order valence-corrected chi connectivity index (χ3v) is 5.19. The Kier molecular flexibility index (Phi) is 4.84. The zero-order valence-electron chi connectivity index (χ0n) is 12.2. The van der Waals surface area contributed by atoms with Gasteiger partial charge in [-0.05, 0) is 43.0 Å². The van der Waals surface area contributed by atoms with Gasteiger partial charge in [0.15, 0.2) is 0 Å². The van der Waals surface area contributed by atoms with E-state index in [1.54, 1.807) is 12.1 Å². The van der Waals surface area contributed by atoms with Crippen LogP contribution in [0.1, 0.15) is 18.9 Å². The summed E-state index contributed by atoms with van der Waals surface area (Å²) in [5.41, 5.74) is 0.847. The first-order chi connectivity index (χ1) is 9.92. The lowest BCUT2D eigenvalue weighted by Crippen LogP contribution is -2.36. The van der Waals surface area contributed by atoms with E-state index in [4.69, 9.17) is 0 Å². The number of nitrogens with one attached hydrogen (secondary N) is 3. The van der Waals surface area contributed by atoms with E-state index >= 15 is 0 Å². The van der Waals surface area contributed by atoms with E-state index in [-0.39, 0.29) is 10.9 Å². The molecular formula is C14H21N3O3S. The normalized spacial score (nSPS) is 20.9. The summed E-state index contributed by atoms with van der Waals surface area (Å²) in [5.74, 6) is 1.33. The third kappa shape index (κ3) is 4.44. The molecule has 1 aliphatic carbocycles. The summed E-state index contributed by atoms with van der Waals surface area (Å²) < 4.78 is 25.4. The van der Waals surface area contributed by atoms with Crippen molar-refractivity contribution in [2.24, 2.45) is 11.8 Å². The minimum atomic E-state index is -3.41. The highest BCUT2D eigenvalue weighted by Crippen LogP contribution is 2.36. The Bertz CT molecular complexity index is 598. The van der Waals surface area contributed by atoms with Crippen molar-refractivity contribution in [3.05, 3.63) is 29.8 Å². The molecule has 1 aromatic rings. The maximum absolute atomic E-state index is 11.6. The molecule has 3 N–H and O–H groups in total. The lowest BCUT2D eigenvalue weighted by atomic mass is 10.2. The number of carbonyl (C=O) groups is 1. The molecule has 116 valence electrons. The number of amides is 2. The van der Waals surface area contributed by atoms with Crippen LogP contribution in [-0.4, -0.2) is 28.0 Å². The third-order valence-electron chi connectivity index (χ3n) is 3.76. The minimum Gasteiger partial charge on any atom is -0.338 e. The van der Waals surface area contributed by atoms with E-state index in [0.29, 0.717) is 24.9 Å². The fraction of sp³-hybridized carbons (Fsp3) is 0.500. The molecule has 6 nitrogen and oxygen atoms in total. The Morgan fingerprint density at radius 3 is 2.38 bits per heavy atom. The molecule has 2 rings (SSSR count). The van der Waals surface area contributed by atoms with Crippen LogP contribution in [0.3, 0.4) is 0 Å².